The van der Waals surface area contributed by atoms with Gasteiger partial charge in [-0.05, 0) is 55.2 Å². The van der Waals surface area contributed by atoms with Crippen molar-refractivity contribution >= 4 is 11.9 Å². The zero-order chi connectivity index (χ0) is 32.7. The van der Waals surface area contributed by atoms with E-state index in [-0.39, 0.29) is 49.3 Å². The van der Waals surface area contributed by atoms with Gasteiger partial charge in [-0.25, -0.2) is 4.79 Å². The fraction of sp³-hybridized carbons (Fsp3) is 0.568. The highest BCUT2D eigenvalue weighted by Gasteiger charge is 2.24. The summed E-state index contributed by atoms with van der Waals surface area (Å²) in [5.74, 6) is 0.405. The standard InChI is InChI=1S/C37H52O8/c1-27(2)35(40)44-25-31(38)23-42-33-19-15-29(16-20-33)37(3,4)30-17-21-34(22-18-30)43-24-32(39)26-45-36(41)28-13-11-9-7-5-6-8-10-12-14-28/h15-22,28,31-32,38-39H,1,5-14,23-26H2,2-4H3. The molecular formula is C37H52O8. The van der Waals surface area contributed by atoms with Gasteiger partial charge in [0.1, 0.15) is 50.1 Å². The number of aliphatic hydroxyl groups is 2. The number of carbonyl (C=O) groups excluding carboxylic acids is 2. The Morgan fingerprint density at radius 3 is 1.53 bits per heavy atom. The molecule has 0 bridgehead atoms. The lowest BCUT2D eigenvalue weighted by Crippen LogP contribution is -2.28. The van der Waals surface area contributed by atoms with E-state index in [4.69, 9.17) is 18.9 Å². The second-order valence-corrected chi connectivity index (χ2v) is 12.7. The highest BCUT2D eigenvalue weighted by molar-refractivity contribution is 5.86. The molecule has 0 aliphatic heterocycles. The minimum atomic E-state index is -0.948. The summed E-state index contributed by atoms with van der Waals surface area (Å²) in [5.41, 5.74) is 2.12. The van der Waals surface area contributed by atoms with Gasteiger partial charge in [0, 0.05) is 11.0 Å². The number of esters is 2. The lowest BCUT2D eigenvalue weighted by molar-refractivity contribution is -0.152. The summed E-state index contributed by atoms with van der Waals surface area (Å²) in [4.78, 5) is 24.2. The summed E-state index contributed by atoms with van der Waals surface area (Å²) >= 11 is 0. The second kappa shape index (κ2) is 18.6. The van der Waals surface area contributed by atoms with Gasteiger partial charge in [0.2, 0.25) is 0 Å². The quantitative estimate of drug-likeness (QED) is 0.177. The summed E-state index contributed by atoms with van der Waals surface area (Å²) in [6.07, 6.45) is 9.40. The molecule has 0 amide bonds. The van der Waals surface area contributed by atoms with E-state index >= 15 is 0 Å². The molecule has 1 saturated carbocycles. The van der Waals surface area contributed by atoms with Crippen LogP contribution >= 0.6 is 0 Å². The van der Waals surface area contributed by atoms with E-state index in [0.29, 0.717) is 11.5 Å². The second-order valence-electron chi connectivity index (χ2n) is 12.7. The number of rotatable bonds is 14. The van der Waals surface area contributed by atoms with Gasteiger partial charge in [-0.2, -0.15) is 0 Å². The van der Waals surface area contributed by atoms with E-state index < -0.39 is 18.2 Å². The lowest BCUT2D eigenvalue weighted by atomic mass is 9.78. The van der Waals surface area contributed by atoms with E-state index in [1.165, 1.54) is 38.5 Å². The Morgan fingerprint density at radius 1 is 0.711 bits per heavy atom. The first-order chi connectivity index (χ1) is 21.6. The van der Waals surface area contributed by atoms with Crippen molar-refractivity contribution in [2.24, 2.45) is 5.92 Å². The zero-order valence-electron chi connectivity index (χ0n) is 27.3. The molecule has 0 spiro atoms. The highest BCUT2D eigenvalue weighted by Crippen LogP contribution is 2.33. The van der Waals surface area contributed by atoms with Crippen LogP contribution in [0, 0.1) is 5.92 Å². The Labute approximate surface area is 268 Å². The molecule has 0 heterocycles. The minimum Gasteiger partial charge on any atom is -0.491 e. The first kappa shape index (κ1) is 36.1. The van der Waals surface area contributed by atoms with Crippen LogP contribution in [0.15, 0.2) is 60.7 Å². The van der Waals surface area contributed by atoms with Crippen LogP contribution in [-0.2, 0) is 24.5 Å². The van der Waals surface area contributed by atoms with Crippen molar-refractivity contribution in [2.75, 3.05) is 26.4 Å². The van der Waals surface area contributed by atoms with Crippen LogP contribution < -0.4 is 9.47 Å². The van der Waals surface area contributed by atoms with E-state index in [2.05, 4.69) is 20.4 Å². The van der Waals surface area contributed by atoms with Crippen molar-refractivity contribution in [1.29, 1.82) is 0 Å². The predicted octanol–water partition coefficient (Wildman–Crippen LogP) is 6.69. The Hall–Kier alpha value is -3.36. The third kappa shape index (κ3) is 12.5. The van der Waals surface area contributed by atoms with Gasteiger partial charge in [-0.1, -0.05) is 96.1 Å². The molecule has 0 saturated heterocycles. The molecule has 1 fully saturated rings. The molecule has 3 rings (SSSR count). The molecule has 8 heteroatoms. The van der Waals surface area contributed by atoms with Crippen molar-refractivity contribution in [1.82, 2.24) is 0 Å². The number of ether oxygens (including phenoxy) is 4. The van der Waals surface area contributed by atoms with Gasteiger partial charge >= 0.3 is 11.9 Å². The summed E-state index contributed by atoms with van der Waals surface area (Å²) in [6, 6.07) is 15.4. The molecule has 2 unspecified atom stereocenters. The predicted molar refractivity (Wildman–Crippen MR) is 174 cm³/mol. The molecule has 8 nitrogen and oxygen atoms in total. The van der Waals surface area contributed by atoms with Crippen LogP contribution in [0.2, 0.25) is 0 Å². The topological polar surface area (TPSA) is 112 Å². The maximum absolute atomic E-state index is 12.7. The SMILES string of the molecule is C=C(C)C(=O)OCC(O)COc1ccc(C(C)(C)c2ccc(OCC(O)COC(=O)C3CCCCCCCCCC3)cc2)cc1. The van der Waals surface area contributed by atoms with Crippen molar-refractivity contribution in [3.8, 4) is 11.5 Å². The molecule has 2 aromatic carbocycles. The Bertz CT molecular complexity index is 1180. The molecule has 45 heavy (non-hydrogen) atoms. The largest absolute Gasteiger partial charge is 0.491 e. The van der Waals surface area contributed by atoms with Crippen LogP contribution in [0.5, 0.6) is 11.5 Å². The van der Waals surface area contributed by atoms with E-state index in [1.807, 2.05) is 48.5 Å². The molecule has 0 aromatic heterocycles. The molecule has 248 valence electrons. The minimum absolute atomic E-state index is 0.00861. The Kier molecular flexibility index (Phi) is 14.9. The average molecular weight is 625 g/mol. The number of benzene rings is 2. The van der Waals surface area contributed by atoms with Crippen molar-refractivity contribution in [3.63, 3.8) is 0 Å². The van der Waals surface area contributed by atoms with Crippen LogP contribution in [0.4, 0.5) is 0 Å². The van der Waals surface area contributed by atoms with Crippen molar-refractivity contribution in [2.45, 2.75) is 103 Å². The van der Waals surface area contributed by atoms with Gasteiger partial charge in [0.05, 0.1) is 5.92 Å². The van der Waals surface area contributed by atoms with Crippen LogP contribution in [0.3, 0.4) is 0 Å². The molecule has 2 N–H and O–H groups in total. The van der Waals surface area contributed by atoms with Crippen LogP contribution in [-0.4, -0.2) is 60.8 Å². The molecule has 2 atom stereocenters. The van der Waals surface area contributed by atoms with Crippen molar-refractivity contribution < 1.29 is 38.7 Å². The molecule has 2 aromatic rings. The zero-order valence-corrected chi connectivity index (χ0v) is 27.3. The van der Waals surface area contributed by atoms with E-state index in [1.54, 1.807) is 6.92 Å². The number of carbonyl (C=O) groups is 2. The normalized spacial score (nSPS) is 16.5. The maximum atomic E-state index is 12.7. The lowest BCUT2D eigenvalue weighted by Gasteiger charge is -2.26. The fourth-order valence-electron chi connectivity index (χ4n) is 5.40. The molecule has 0 radical (unpaired) electrons. The van der Waals surface area contributed by atoms with Gasteiger partial charge in [0.25, 0.3) is 0 Å². The maximum Gasteiger partial charge on any atom is 0.333 e. The van der Waals surface area contributed by atoms with E-state index in [9.17, 15) is 19.8 Å². The van der Waals surface area contributed by atoms with Gasteiger partial charge in [-0.15, -0.1) is 0 Å². The van der Waals surface area contributed by atoms with Crippen molar-refractivity contribution in [3.05, 3.63) is 71.8 Å². The monoisotopic (exact) mass is 624 g/mol. The first-order valence-electron chi connectivity index (χ1n) is 16.4. The number of hydrogen-bond acceptors (Lipinski definition) is 8. The Balaban J connectivity index is 1.43. The summed E-state index contributed by atoms with van der Waals surface area (Å²) in [6.45, 7) is 9.10. The summed E-state index contributed by atoms with van der Waals surface area (Å²) in [5, 5.41) is 20.4. The Morgan fingerprint density at radius 2 is 1.11 bits per heavy atom. The third-order valence-electron chi connectivity index (χ3n) is 8.40. The van der Waals surface area contributed by atoms with Crippen LogP contribution in [0.1, 0.15) is 96.1 Å². The molecule has 1 aliphatic rings. The molecular weight excluding hydrogens is 572 g/mol. The highest BCUT2D eigenvalue weighted by atomic mass is 16.6. The first-order valence-corrected chi connectivity index (χ1v) is 16.4. The van der Waals surface area contributed by atoms with Gasteiger partial charge in [-0.3, -0.25) is 4.79 Å². The summed E-state index contributed by atoms with van der Waals surface area (Å²) < 4.78 is 21.9. The number of hydrogen-bond donors (Lipinski definition) is 2. The van der Waals surface area contributed by atoms with Gasteiger partial charge in [0.15, 0.2) is 0 Å². The van der Waals surface area contributed by atoms with Crippen LogP contribution in [0.25, 0.3) is 0 Å². The fourth-order valence-corrected chi connectivity index (χ4v) is 5.40. The summed E-state index contributed by atoms with van der Waals surface area (Å²) in [7, 11) is 0. The average Bonchev–Trinajstić information content (AvgIpc) is 3.10. The molecule has 1 aliphatic carbocycles. The number of aliphatic hydroxyl groups excluding tert-OH is 2. The van der Waals surface area contributed by atoms with Gasteiger partial charge < -0.3 is 29.2 Å². The van der Waals surface area contributed by atoms with E-state index in [0.717, 1.165) is 36.8 Å². The third-order valence-corrected chi connectivity index (χ3v) is 8.40. The smallest absolute Gasteiger partial charge is 0.333 e.